The molecule has 5 heteroatoms. The van der Waals surface area contributed by atoms with Gasteiger partial charge in [-0.2, -0.15) is 0 Å². The van der Waals surface area contributed by atoms with Gasteiger partial charge < -0.3 is 14.8 Å². The number of aliphatic hydroxyl groups is 1. The molecule has 0 saturated heterocycles. The van der Waals surface area contributed by atoms with Crippen LogP contribution in [0.2, 0.25) is 0 Å². The average Bonchev–Trinajstić information content (AvgIpc) is 2.96. The Kier molecular flexibility index (Phi) is 4.55. The largest absolute Gasteiger partial charge is 0.436 e. The van der Waals surface area contributed by atoms with Crippen molar-refractivity contribution >= 4 is 28.4 Å². The van der Waals surface area contributed by atoms with Crippen LogP contribution in [-0.4, -0.2) is 28.6 Å². The van der Waals surface area contributed by atoms with E-state index >= 15 is 0 Å². The van der Waals surface area contributed by atoms with E-state index < -0.39 is 6.10 Å². The van der Waals surface area contributed by atoms with Crippen molar-refractivity contribution in [3.8, 4) is 11.5 Å². The summed E-state index contributed by atoms with van der Waals surface area (Å²) in [6, 6.07) is 11.9. The monoisotopic (exact) mass is 330 g/mol. The molecule has 120 valence electrons. The van der Waals surface area contributed by atoms with E-state index in [4.69, 9.17) is 16.0 Å². The molecule has 1 aromatic heterocycles. The second-order valence-corrected chi connectivity index (χ2v) is 6.02. The van der Waals surface area contributed by atoms with Crippen LogP contribution in [0.25, 0.3) is 22.6 Å². The zero-order chi connectivity index (χ0) is 16.4. The summed E-state index contributed by atoms with van der Waals surface area (Å²) < 4.78 is 5.84. The summed E-state index contributed by atoms with van der Waals surface area (Å²) in [7, 11) is 0. The fourth-order valence-corrected chi connectivity index (χ4v) is 2.50. The molecule has 0 amide bonds. The zero-order valence-corrected chi connectivity index (χ0v) is 13.9. The van der Waals surface area contributed by atoms with Crippen LogP contribution in [0.4, 0.5) is 5.69 Å². The highest BCUT2D eigenvalue weighted by Crippen LogP contribution is 2.28. The Morgan fingerprint density at radius 3 is 2.83 bits per heavy atom. The summed E-state index contributed by atoms with van der Waals surface area (Å²) in [5, 5.41) is 12.8. The van der Waals surface area contributed by atoms with Crippen molar-refractivity contribution in [3.05, 3.63) is 47.5 Å². The van der Waals surface area contributed by atoms with Crippen LogP contribution in [0.3, 0.4) is 0 Å². The number of rotatable bonds is 5. The summed E-state index contributed by atoms with van der Waals surface area (Å²) >= 11 is 5.63. The maximum absolute atomic E-state index is 9.59. The first-order valence-electron chi connectivity index (χ1n) is 7.53. The molecule has 0 spiro atoms. The number of halogens is 1. The second-order valence-electron chi connectivity index (χ2n) is 5.71. The first-order valence-corrected chi connectivity index (χ1v) is 8.06. The molecule has 0 saturated carbocycles. The van der Waals surface area contributed by atoms with Gasteiger partial charge in [0.25, 0.3) is 0 Å². The van der Waals surface area contributed by atoms with Crippen LogP contribution in [0, 0.1) is 13.8 Å². The molecule has 1 heterocycles. The number of aryl methyl sites for hydroxylation is 2. The van der Waals surface area contributed by atoms with Gasteiger partial charge in [0, 0.05) is 17.8 Å². The Labute approximate surface area is 140 Å². The summed E-state index contributed by atoms with van der Waals surface area (Å²) in [5.74, 6) is 0.794. The first kappa shape index (κ1) is 15.8. The van der Waals surface area contributed by atoms with Crippen molar-refractivity contribution in [1.82, 2.24) is 4.98 Å². The van der Waals surface area contributed by atoms with Crippen molar-refractivity contribution in [3.63, 3.8) is 0 Å². The summed E-state index contributed by atoms with van der Waals surface area (Å²) in [6.07, 6.45) is -0.577. The van der Waals surface area contributed by atoms with Crippen molar-refractivity contribution in [2.45, 2.75) is 20.0 Å². The average molecular weight is 331 g/mol. The van der Waals surface area contributed by atoms with E-state index in [1.165, 1.54) is 0 Å². The number of benzene rings is 2. The zero-order valence-electron chi connectivity index (χ0n) is 13.1. The molecule has 0 aliphatic carbocycles. The number of anilines is 1. The quantitative estimate of drug-likeness (QED) is 0.691. The molecule has 3 rings (SSSR count). The molecule has 0 bridgehead atoms. The van der Waals surface area contributed by atoms with Gasteiger partial charge in [0.1, 0.15) is 5.52 Å². The molecular weight excluding hydrogens is 312 g/mol. The van der Waals surface area contributed by atoms with E-state index in [1.807, 2.05) is 50.2 Å². The number of hydrogen-bond acceptors (Lipinski definition) is 4. The van der Waals surface area contributed by atoms with Crippen LogP contribution in [0.5, 0.6) is 0 Å². The fraction of sp³-hybridized carbons (Fsp3) is 0.278. The summed E-state index contributed by atoms with van der Waals surface area (Å²) in [6.45, 7) is 4.44. The summed E-state index contributed by atoms with van der Waals surface area (Å²) in [5.41, 5.74) is 5.70. The van der Waals surface area contributed by atoms with E-state index in [2.05, 4.69) is 10.3 Å². The molecule has 2 N–H and O–H groups in total. The van der Waals surface area contributed by atoms with E-state index in [0.717, 1.165) is 33.5 Å². The Balaban J connectivity index is 1.92. The van der Waals surface area contributed by atoms with E-state index in [1.54, 1.807) is 0 Å². The number of aromatic nitrogens is 1. The van der Waals surface area contributed by atoms with Crippen LogP contribution in [-0.2, 0) is 0 Å². The van der Waals surface area contributed by atoms with Gasteiger partial charge in [-0.05, 0) is 49.2 Å². The van der Waals surface area contributed by atoms with E-state index in [-0.39, 0.29) is 5.88 Å². The van der Waals surface area contributed by atoms with Gasteiger partial charge in [0.05, 0.1) is 12.0 Å². The van der Waals surface area contributed by atoms with Gasteiger partial charge >= 0.3 is 0 Å². The van der Waals surface area contributed by atoms with Gasteiger partial charge in [-0.25, -0.2) is 4.98 Å². The number of oxazole rings is 1. The van der Waals surface area contributed by atoms with Gasteiger partial charge in [-0.15, -0.1) is 11.6 Å². The molecule has 0 aliphatic heterocycles. The lowest BCUT2D eigenvalue weighted by Gasteiger charge is -2.13. The van der Waals surface area contributed by atoms with Crippen molar-refractivity contribution < 1.29 is 9.52 Å². The predicted molar refractivity (Wildman–Crippen MR) is 94.1 cm³/mol. The van der Waals surface area contributed by atoms with Crippen LogP contribution >= 0.6 is 11.6 Å². The van der Waals surface area contributed by atoms with Crippen LogP contribution in [0.1, 0.15) is 11.1 Å². The van der Waals surface area contributed by atoms with Gasteiger partial charge in [-0.1, -0.05) is 12.1 Å². The normalized spacial score (nSPS) is 12.5. The molecule has 3 aromatic rings. The third kappa shape index (κ3) is 3.49. The maximum atomic E-state index is 9.59. The molecule has 2 aromatic carbocycles. The highest BCUT2D eigenvalue weighted by molar-refractivity contribution is 6.18. The molecule has 0 radical (unpaired) electrons. The highest BCUT2D eigenvalue weighted by atomic mass is 35.5. The highest BCUT2D eigenvalue weighted by Gasteiger charge is 2.11. The third-order valence-electron chi connectivity index (χ3n) is 3.73. The minimum atomic E-state index is -0.577. The van der Waals surface area contributed by atoms with Crippen LogP contribution < -0.4 is 5.32 Å². The molecule has 1 unspecified atom stereocenters. The number of nitrogens with one attached hydrogen (secondary N) is 1. The number of hydrogen-bond donors (Lipinski definition) is 2. The van der Waals surface area contributed by atoms with E-state index in [9.17, 15) is 5.11 Å². The molecule has 4 nitrogen and oxygen atoms in total. The minimum Gasteiger partial charge on any atom is -0.436 e. The Hall–Kier alpha value is -2.04. The number of alkyl halides is 1. The standard InChI is InChI=1S/C18H19ClN2O2/c1-11-3-6-17-16(7-11)21-18(23-17)13-5-4-12(2)15(8-13)20-10-14(22)9-19/h3-8,14,20,22H,9-10H2,1-2H3. The number of nitrogens with zero attached hydrogens (tertiary/aromatic N) is 1. The smallest absolute Gasteiger partial charge is 0.227 e. The van der Waals surface area contributed by atoms with Gasteiger partial charge in [0.15, 0.2) is 5.58 Å². The van der Waals surface area contributed by atoms with Crippen LogP contribution in [0.15, 0.2) is 40.8 Å². The van der Waals surface area contributed by atoms with E-state index in [0.29, 0.717) is 12.4 Å². The lowest BCUT2D eigenvalue weighted by molar-refractivity contribution is 0.211. The molecule has 1 atom stereocenters. The topological polar surface area (TPSA) is 58.3 Å². The number of fused-ring (bicyclic) bond motifs is 1. The molecular formula is C18H19ClN2O2. The Morgan fingerprint density at radius 2 is 2.04 bits per heavy atom. The van der Waals surface area contributed by atoms with Crippen molar-refractivity contribution in [2.75, 3.05) is 17.7 Å². The van der Waals surface area contributed by atoms with Gasteiger partial charge in [-0.3, -0.25) is 0 Å². The fourth-order valence-electron chi connectivity index (χ4n) is 2.39. The SMILES string of the molecule is Cc1ccc2oc(-c3ccc(C)c(NCC(O)CCl)c3)nc2c1. The predicted octanol–water partition coefficient (Wildman–Crippen LogP) is 4.12. The third-order valence-corrected chi connectivity index (χ3v) is 4.09. The molecule has 0 aliphatic rings. The maximum Gasteiger partial charge on any atom is 0.227 e. The number of aliphatic hydroxyl groups excluding tert-OH is 1. The molecule has 0 fully saturated rings. The Bertz CT molecular complexity index is 829. The second kappa shape index (κ2) is 6.60. The minimum absolute atomic E-state index is 0.205. The Morgan fingerprint density at radius 1 is 1.22 bits per heavy atom. The van der Waals surface area contributed by atoms with Crippen molar-refractivity contribution in [2.24, 2.45) is 0 Å². The van der Waals surface area contributed by atoms with Crippen molar-refractivity contribution in [1.29, 1.82) is 0 Å². The first-order chi connectivity index (χ1) is 11.1. The lowest BCUT2D eigenvalue weighted by atomic mass is 10.1. The van der Waals surface area contributed by atoms with Gasteiger partial charge in [0.2, 0.25) is 5.89 Å². The summed E-state index contributed by atoms with van der Waals surface area (Å²) in [4.78, 5) is 4.56. The molecule has 23 heavy (non-hydrogen) atoms. The lowest BCUT2D eigenvalue weighted by Crippen LogP contribution is -2.21.